The maximum atomic E-state index is 10.4. The van der Waals surface area contributed by atoms with Crippen molar-refractivity contribution >= 4 is 17.3 Å². The fraction of sp³-hybridized carbons (Fsp3) is 0.444. The van der Waals surface area contributed by atoms with Crippen LogP contribution in [0.1, 0.15) is 5.69 Å². The summed E-state index contributed by atoms with van der Waals surface area (Å²) in [5.74, 6) is 0. The molecule has 5 nitrogen and oxygen atoms in total. The average molecular weight is 231 g/mol. The Morgan fingerprint density at radius 2 is 2.40 bits per heavy atom. The van der Waals surface area contributed by atoms with Crippen LogP contribution in [0.15, 0.2) is 18.3 Å². The van der Waals surface area contributed by atoms with Crippen molar-refractivity contribution in [1.29, 1.82) is 0 Å². The number of nitrogens with zero attached hydrogens (tertiary/aromatic N) is 2. The number of nitro groups is 1. The van der Waals surface area contributed by atoms with Gasteiger partial charge in [-0.25, -0.2) is 0 Å². The van der Waals surface area contributed by atoms with Gasteiger partial charge in [-0.3, -0.25) is 15.1 Å². The molecule has 0 aliphatic rings. The van der Waals surface area contributed by atoms with E-state index < -0.39 is 4.92 Å². The third-order valence-electron chi connectivity index (χ3n) is 1.80. The van der Waals surface area contributed by atoms with E-state index in [-0.39, 0.29) is 11.1 Å². The molecule has 0 amide bonds. The van der Waals surface area contributed by atoms with Crippen molar-refractivity contribution in [2.45, 2.75) is 11.8 Å². The maximum Gasteiger partial charge on any atom is 0.287 e. The Labute approximate surface area is 92.2 Å². The lowest BCUT2D eigenvalue weighted by atomic mass is 10.2. The summed E-state index contributed by atoms with van der Waals surface area (Å²) in [4.78, 5) is 13.8. The molecule has 82 valence electrons. The molecule has 0 radical (unpaired) electrons. The number of pyridine rings is 1. The molecule has 0 saturated carbocycles. The minimum Gasteiger partial charge on any atom is -0.383 e. The van der Waals surface area contributed by atoms with Crippen molar-refractivity contribution in [3.05, 3.63) is 34.1 Å². The Hall–Kier alpha value is -1.20. The van der Waals surface area contributed by atoms with Crippen molar-refractivity contribution in [1.82, 2.24) is 4.98 Å². The van der Waals surface area contributed by atoms with E-state index in [1.165, 1.54) is 12.3 Å². The number of ether oxygens (including phenoxy) is 1. The number of hydrogen-bond donors (Lipinski definition) is 0. The van der Waals surface area contributed by atoms with Gasteiger partial charge in [-0.15, -0.1) is 11.6 Å². The first kappa shape index (κ1) is 11.9. The molecule has 0 fully saturated rings. The minimum atomic E-state index is -0.482. The standard InChI is InChI=1S/C9H11ClN2O3/c1-15-6-7(10)4-8-2-3-9(5-11-8)12(13)14/h2-3,5,7H,4,6H2,1H3. The Balaban J connectivity index is 2.60. The van der Waals surface area contributed by atoms with Gasteiger partial charge in [0.05, 0.1) is 16.9 Å². The highest BCUT2D eigenvalue weighted by molar-refractivity contribution is 6.20. The lowest BCUT2D eigenvalue weighted by molar-refractivity contribution is -0.385. The third kappa shape index (κ3) is 3.81. The molecule has 1 atom stereocenters. The fourth-order valence-electron chi connectivity index (χ4n) is 1.11. The van der Waals surface area contributed by atoms with E-state index in [0.717, 1.165) is 5.69 Å². The highest BCUT2D eigenvalue weighted by Gasteiger charge is 2.09. The van der Waals surface area contributed by atoms with Crippen molar-refractivity contribution in [2.24, 2.45) is 0 Å². The lowest BCUT2D eigenvalue weighted by Crippen LogP contribution is -2.11. The minimum absolute atomic E-state index is 0.0170. The van der Waals surface area contributed by atoms with Gasteiger partial charge in [-0.2, -0.15) is 0 Å². The first-order chi connectivity index (χ1) is 7.13. The predicted octanol–water partition coefficient (Wildman–Crippen LogP) is 1.79. The summed E-state index contributed by atoms with van der Waals surface area (Å²) in [5.41, 5.74) is 0.703. The van der Waals surface area contributed by atoms with Crippen LogP contribution in [-0.4, -0.2) is 29.0 Å². The van der Waals surface area contributed by atoms with Gasteiger partial charge in [0, 0.05) is 25.3 Å². The SMILES string of the molecule is COCC(Cl)Cc1ccc([N+](=O)[O-])cn1. The smallest absolute Gasteiger partial charge is 0.287 e. The molecule has 1 heterocycles. The van der Waals surface area contributed by atoms with Gasteiger partial charge in [0.15, 0.2) is 0 Å². The van der Waals surface area contributed by atoms with Crippen LogP contribution in [0, 0.1) is 10.1 Å². The number of halogens is 1. The summed E-state index contributed by atoms with van der Waals surface area (Å²) in [5, 5.41) is 10.2. The van der Waals surface area contributed by atoms with Crippen LogP contribution in [-0.2, 0) is 11.2 Å². The summed E-state index contributed by atoms with van der Waals surface area (Å²) in [6, 6.07) is 3.02. The van der Waals surface area contributed by atoms with Gasteiger partial charge < -0.3 is 4.74 Å². The van der Waals surface area contributed by atoms with Gasteiger partial charge in [0.25, 0.3) is 5.69 Å². The molecule has 6 heteroatoms. The summed E-state index contributed by atoms with van der Waals surface area (Å²) < 4.78 is 4.87. The van der Waals surface area contributed by atoms with E-state index in [4.69, 9.17) is 16.3 Å². The Morgan fingerprint density at radius 3 is 2.87 bits per heavy atom. The first-order valence-corrected chi connectivity index (χ1v) is 4.79. The lowest BCUT2D eigenvalue weighted by Gasteiger charge is -2.06. The average Bonchev–Trinajstić information content (AvgIpc) is 2.18. The summed E-state index contributed by atoms with van der Waals surface area (Å²) in [6.07, 6.45) is 1.76. The van der Waals surface area contributed by atoms with E-state index in [1.807, 2.05) is 0 Å². The topological polar surface area (TPSA) is 65.3 Å². The molecule has 0 bridgehead atoms. The molecule has 1 unspecified atom stereocenters. The summed E-state index contributed by atoms with van der Waals surface area (Å²) in [7, 11) is 1.57. The largest absolute Gasteiger partial charge is 0.383 e. The maximum absolute atomic E-state index is 10.4. The zero-order valence-electron chi connectivity index (χ0n) is 8.22. The van der Waals surface area contributed by atoms with E-state index >= 15 is 0 Å². The van der Waals surface area contributed by atoms with Crippen LogP contribution in [0.5, 0.6) is 0 Å². The van der Waals surface area contributed by atoms with E-state index in [1.54, 1.807) is 13.2 Å². The fourth-order valence-corrected chi connectivity index (χ4v) is 1.40. The molecule has 0 aliphatic heterocycles. The molecule has 1 rings (SSSR count). The van der Waals surface area contributed by atoms with E-state index in [9.17, 15) is 10.1 Å². The van der Waals surface area contributed by atoms with Gasteiger partial charge in [-0.05, 0) is 6.07 Å². The Bertz CT molecular complexity index is 329. The summed E-state index contributed by atoms with van der Waals surface area (Å²) in [6.45, 7) is 0.431. The van der Waals surface area contributed by atoms with Crippen LogP contribution < -0.4 is 0 Å². The molecule has 15 heavy (non-hydrogen) atoms. The first-order valence-electron chi connectivity index (χ1n) is 4.36. The highest BCUT2D eigenvalue weighted by atomic mass is 35.5. The van der Waals surface area contributed by atoms with Crippen LogP contribution in [0.25, 0.3) is 0 Å². The Morgan fingerprint density at radius 1 is 1.67 bits per heavy atom. The van der Waals surface area contributed by atoms with Crippen LogP contribution in [0.4, 0.5) is 5.69 Å². The number of rotatable bonds is 5. The molecule has 0 spiro atoms. The van der Waals surface area contributed by atoms with Crippen LogP contribution in [0.3, 0.4) is 0 Å². The molecule has 1 aromatic heterocycles. The number of alkyl halides is 1. The van der Waals surface area contributed by atoms with Crippen LogP contribution in [0.2, 0.25) is 0 Å². The van der Waals surface area contributed by atoms with Gasteiger partial charge in [0.2, 0.25) is 0 Å². The quantitative estimate of drug-likeness (QED) is 0.439. The number of methoxy groups -OCH3 is 1. The second-order valence-electron chi connectivity index (χ2n) is 3.02. The van der Waals surface area contributed by atoms with E-state index in [2.05, 4.69) is 4.98 Å². The molecule has 0 N–H and O–H groups in total. The molecule has 0 saturated heterocycles. The molecule has 0 aliphatic carbocycles. The molecule has 1 aromatic rings. The van der Waals surface area contributed by atoms with Crippen molar-refractivity contribution in [3.63, 3.8) is 0 Å². The summed E-state index contributed by atoms with van der Waals surface area (Å²) >= 11 is 5.92. The zero-order chi connectivity index (χ0) is 11.3. The Kier molecular flexibility index (Phi) is 4.45. The molecular weight excluding hydrogens is 220 g/mol. The normalized spacial score (nSPS) is 12.4. The highest BCUT2D eigenvalue weighted by Crippen LogP contribution is 2.11. The third-order valence-corrected chi connectivity index (χ3v) is 2.08. The second-order valence-corrected chi connectivity index (χ2v) is 3.64. The second kappa shape index (κ2) is 5.63. The van der Waals surface area contributed by atoms with Gasteiger partial charge in [-0.1, -0.05) is 0 Å². The molecule has 0 aromatic carbocycles. The van der Waals surface area contributed by atoms with E-state index in [0.29, 0.717) is 13.0 Å². The van der Waals surface area contributed by atoms with Crippen LogP contribution >= 0.6 is 11.6 Å². The van der Waals surface area contributed by atoms with Crippen molar-refractivity contribution in [2.75, 3.05) is 13.7 Å². The molecular formula is C9H11ClN2O3. The monoisotopic (exact) mass is 230 g/mol. The van der Waals surface area contributed by atoms with Crippen molar-refractivity contribution < 1.29 is 9.66 Å². The van der Waals surface area contributed by atoms with Crippen molar-refractivity contribution in [3.8, 4) is 0 Å². The number of hydrogen-bond acceptors (Lipinski definition) is 4. The number of aromatic nitrogens is 1. The van der Waals surface area contributed by atoms with Gasteiger partial charge >= 0.3 is 0 Å². The zero-order valence-corrected chi connectivity index (χ0v) is 8.98. The van der Waals surface area contributed by atoms with Gasteiger partial charge in [0.1, 0.15) is 6.20 Å². The predicted molar refractivity (Wildman–Crippen MR) is 56.1 cm³/mol.